The maximum absolute atomic E-state index is 5.51. The Morgan fingerprint density at radius 1 is 1.13 bits per heavy atom. The topological polar surface area (TPSA) is 43.3 Å². The van der Waals surface area contributed by atoms with E-state index in [1.165, 1.54) is 51.1 Å². The van der Waals surface area contributed by atoms with Gasteiger partial charge in [0.2, 0.25) is 0 Å². The van der Waals surface area contributed by atoms with Crippen LogP contribution in [0.4, 0.5) is 0 Å². The van der Waals surface area contributed by atoms with Gasteiger partial charge < -0.3 is 19.9 Å². The Morgan fingerprint density at radius 2 is 1.87 bits per heavy atom. The number of hydrogen-bond acceptors (Lipinski definition) is 4. The summed E-state index contributed by atoms with van der Waals surface area (Å²) in [4.78, 5) is 12.3. The quantitative estimate of drug-likeness (QED) is 0.213. The van der Waals surface area contributed by atoms with E-state index in [-0.39, 0.29) is 24.0 Å². The van der Waals surface area contributed by atoms with Crippen molar-refractivity contribution in [3.63, 3.8) is 0 Å². The molecule has 1 unspecified atom stereocenters. The Labute approximate surface area is 206 Å². The van der Waals surface area contributed by atoms with Crippen LogP contribution in [0, 0.1) is 5.92 Å². The average molecular weight is 544 g/mol. The summed E-state index contributed by atoms with van der Waals surface area (Å²) < 4.78 is 5.51. The standard InChI is InChI=1S/C24H41N5O.HI/c1-3-25-24(27(2)19-23-11-18-30-21-23)26-12-7-8-13-28-14-16-29(17-15-28)20-22-9-5-4-6-10-22;/h4-6,9-10,23H,3,7-8,11-21H2,1-2H3,(H,25,26);1H. The van der Waals surface area contributed by atoms with Crippen LogP contribution in [0.1, 0.15) is 31.7 Å². The summed E-state index contributed by atoms with van der Waals surface area (Å²) in [6.45, 7) is 13.8. The monoisotopic (exact) mass is 543 g/mol. The van der Waals surface area contributed by atoms with E-state index in [9.17, 15) is 0 Å². The molecule has 0 saturated carbocycles. The first-order chi connectivity index (χ1) is 14.7. The molecule has 0 radical (unpaired) electrons. The highest BCUT2D eigenvalue weighted by Crippen LogP contribution is 2.13. The van der Waals surface area contributed by atoms with Gasteiger partial charge in [-0.2, -0.15) is 0 Å². The van der Waals surface area contributed by atoms with Gasteiger partial charge in [-0.05, 0) is 38.3 Å². The number of hydrogen-bond donors (Lipinski definition) is 1. The fourth-order valence-electron chi connectivity index (χ4n) is 4.32. The number of unbranched alkanes of at least 4 members (excludes halogenated alkanes) is 1. The van der Waals surface area contributed by atoms with Gasteiger partial charge in [0, 0.05) is 71.9 Å². The van der Waals surface area contributed by atoms with Crippen molar-refractivity contribution in [1.29, 1.82) is 0 Å². The first-order valence-electron chi connectivity index (χ1n) is 11.8. The van der Waals surface area contributed by atoms with Gasteiger partial charge in [0.1, 0.15) is 0 Å². The summed E-state index contributed by atoms with van der Waals surface area (Å²) in [5, 5.41) is 3.44. The molecule has 2 aliphatic rings. The van der Waals surface area contributed by atoms with Crippen LogP contribution < -0.4 is 5.32 Å². The molecule has 6 nitrogen and oxygen atoms in total. The molecule has 3 rings (SSSR count). The van der Waals surface area contributed by atoms with Crippen LogP contribution in [0.3, 0.4) is 0 Å². The van der Waals surface area contributed by atoms with Gasteiger partial charge >= 0.3 is 0 Å². The van der Waals surface area contributed by atoms with E-state index in [1.54, 1.807) is 0 Å². The number of aliphatic imine (C=N–C) groups is 1. The first kappa shape index (κ1) is 26.4. The number of halogens is 1. The van der Waals surface area contributed by atoms with Crippen LogP contribution in [-0.2, 0) is 11.3 Å². The molecule has 1 atom stereocenters. The molecule has 0 amide bonds. The van der Waals surface area contributed by atoms with E-state index in [0.717, 1.165) is 51.8 Å². The molecular formula is C24H42IN5O. The highest BCUT2D eigenvalue weighted by molar-refractivity contribution is 14.0. The molecule has 7 heteroatoms. The van der Waals surface area contributed by atoms with Crippen LogP contribution in [0.15, 0.2) is 35.3 Å². The Kier molecular flexibility index (Phi) is 12.8. The van der Waals surface area contributed by atoms with Crippen LogP contribution in [0.5, 0.6) is 0 Å². The first-order valence-corrected chi connectivity index (χ1v) is 11.8. The molecule has 31 heavy (non-hydrogen) atoms. The molecular weight excluding hydrogens is 501 g/mol. The van der Waals surface area contributed by atoms with Crippen LogP contribution in [0.2, 0.25) is 0 Å². The minimum atomic E-state index is 0. The smallest absolute Gasteiger partial charge is 0.193 e. The molecule has 1 aromatic rings. The maximum Gasteiger partial charge on any atom is 0.193 e. The lowest BCUT2D eigenvalue weighted by molar-refractivity contribution is 0.126. The van der Waals surface area contributed by atoms with Crippen molar-refractivity contribution in [2.45, 2.75) is 32.7 Å². The second kappa shape index (κ2) is 15.0. The molecule has 1 aromatic carbocycles. The highest BCUT2D eigenvalue weighted by Gasteiger charge is 2.19. The largest absolute Gasteiger partial charge is 0.381 e. The SMILES string of the molecule is CCNC(=NCCCCN1CCN(Cc2ccccc2)CC1)N(C)CC1CCOC1.I. The van der Waals surface area contributed by atoms with Crippen molar-refractivity contribution in [3.8, 4) is 0 Å². The van der Waals surface area contributed by atoms with Crippen molar-refractivity contribution in [2.75, 3.05) is 72.6 Å². The third-order valence-electron chi connectivity index (χ3n) is 6.11. The maximum atomic E-state index is 5.51. The second-order valence-corrected chi connectivity index (χ2v) is 8.66. The van der Waals surface area contributed by atoms with Crippen LogP contribution in [-0.4, -0.2) is 93.3 Å². The lowest BCUT2D eigenvalue weighted by Crippen LogP contribution is -2.46. The van der Waals surface area contributed by atoms with Crippen molar-refractivity contribution in [2.24, 2.45) is 10.9 Å². The van der Waals surface area contributed by atoms with Crippen molar-refractivity contribution in [1.82, 2.24) is 20.0 Å². The molecule has 0 aliphatic carbocycles. The summed E-state index contributed by atoms with van der Waals surface area (Å²) in [5.74, 6) is 1.68. The molecule has 0 bridgehead atoms. The third-order valence-corrected chi connectivity index (χ3v) is 6.11. The number of rotatable bonds is 10. The average Bonchev–Trinajstić information content (AvgIpc) is 3.27. The summed E-state index contributed by atoms with van der Waals surface area (Å²) in [6.07, 6.45) is 3.55. The molecule has 176 valence electrons. The number of nitrogens with zero attached hydrogens (tertiary/aromatic N) is 4. The molecule has 2 aliphatic heterocycles. The third kappa shape index (κ3) is 9.63. The van der Waals surface area contributed by atoms with Gasteiger partial charge in [0.15, 0.2) is 5.96 Å². The highest BCUT2D eigenvalue weighted by atomic mass is 127. The lowest BCUT2D eigenvalue weighted by Gasteiger charge is -2.34. The van der Waals surface area contributed by atoms with Gasteiger partial charge in [-0.15, -0.1) is 24.0 Å². The van der Waals surface area contributed by atoms with Gasteiger partial charge in [-0.1, -0.05) is 30.3 Å². The van der Waals surface area contributed by atoms with Crippen LogP contribution >= 0.6 is 24.0 Å². The Bertz CT molecular complexity index is 616. The van der Waals surface area contributed by atoms with Gasteiger partial charge in [0.25, 0.3) is 0 Å². The van der Waals surface area contributed by atoms with Crippen molar-refractivity contribution >= 4 is 29.9 Å². The number of guanidine groups is 1. The summed E-state index contributed by atoms with van der Waals surface area (Å²) >= 11 is 0. The minimum Gasteiger partial charge on any atom is -0.381 e. The predicted molar refractivity (Wildman–Crippen MR) is 140 cm³/mol. The number of ether oxygens (including phenoxy) is 1. The summed E-state index contributed by atoms with van der Waals surface area (Å²) in [5.41, 5.74) is 1.42. The Balaban J connectivity index is 0.00000341. The number of benzene rings is 1. The molecule has 2 saturated heterocycles. The molecule has 2 fully saturated rings. The Hall–Kier alpha value is -0.900. The van der Waals surface area contributed by atoms with Crippen molar-refractivity contribution < 1.29 is 4.74 Å². The van der Waals surface area contributed by atoms with Gasteiger partial charge in [0.05, 0.1) is 6.61 Å². The zero-order valence-electron chi connectivity index (χ0n) is 19.5. The molecule has 2 heterocycles. The van der Waals surface area contributed by atoms with E-state index in [0.29, 0.717) is 5.92 Å². The van der Waals surface area contributed by atoms with E-state index in [1.807, 2.05) is 0 Å². The predicted octanol–water partition coefficient (Wildman–Crippen LogP) is 3.14. The summed E-state index contributed by atoms with van der Waals surface area (Å²) in [6, 6.07) is 10.8. The summed E-state index contributed by atoms with van der Waals surface area (Å²) in [7, 11) is 2.15. The minimum absolute atomic E-state index is 0. The molecule has 1 N–H and O–H groups in total. The molecule has 0 aromatic heterocycles. The van der Waals surface area contributed by atoms with E-state index >= 15 is 0 Å². The fourth-order valence-corrected chi connectivity index (χ4v) is 4.32. The lowest BCUT2D eigenvalue weighted by atomic mass is 10.1. The van der Waals surface area contributed by atoms with Gasteiger partial charge in [-0.3, -0.25) is 9.89 Å². The zero-order chi connectivity index (χ0) is 21.0. The van der Waals surface area contributed by atoms with E-state index < -0.39 is 0 Å². The number of piperazine rings is 1. The van der Waals surface area contributed by atoms with Crippen molar-refractivity contribution in [3.05, 3.63) is 35.9 Å². The van der Waals surface area contributed by atoms with E-state index in [4.69, 9.17) is 9.73 Å². The molecule has 0 spiro atoms. The zero-order valence-corrected chi connectivity index (χ0v) is 21.8. The van der Waals surface area contributed by atoms with Gasteiger partial charge in [-0.25, -0.2) is 0 Å². The second-order valence-electron chi connectivity index (χ2n) is 8.66. The number of nitrogens with one attached hydrogen (secondary N) is 1. The fraction of sp³-hybridized carbons (Fsp3) is 0.708. The van der Waals surface area contributed by atoms with E-state index in [2.05, 4.69) is 64.3 Å². The Morgan fingerprint density at radius 3 is 2.55 bits per heavy atom. The van der Waals surface area contributed by atoms with Crippen LogP contribution in [0.25, 0.3) is 0 Å². The normalized spacial score (nSPS) is 20.5.